The van der Waals surface area contributed by atoms with Gasteiger partial charge in [0.25, 0.3) is 5.56 Å². The zero-order valence-electron chi connectivity index (χ0n) is 15.3. The molecule has 0 amide bonds. The molecule has 4 rings (SSSR count). The van der Waals surface area contributed by atoms with E-state index in [0.717, 1.165) is 22.1 Å². The van der Waals surface area contributed by atoms with E-state index in [1.807, 2.05) is 36.4 Å². The Labute approximate surface area is 170 Å². The van der Waals surface area contributed by atoms with E-state index in [9.17, 15) is 9.59 Å². The number of methoxy groups -OCH3 is 1. The second-order valence-electron chi connectivity index (χ2n) is 6.42. The van der Waals surface area contributed by atoms with Crippen molar-refractivity contribution < 1.29 is 14.6 Å². The second kappa shape index (κ2) is 7.41. The summed E-state index contributed by atoms with van der Waals surface area (Å²) in [5, 5.41) is 11.7. The van der Waals surface area contributed by atoms with Gasteiger partial charge in [-0.25, -0.2) is 9.78 Å². The first-order valence-corrected chi connectivity index (χ1v) is 9.05. The first-order valence-electron chi connectivity index (χ1n) is 8.67. The normalized spacial score (nSPS) is 11.7. The summed E-state index contributed by atoms with van der Waals surface area (Å²) >= 11 is 6.41. The Kier molecular flexibility index (Phi) is 4.78. The van der Waals surface area contributed by atoms with Crippen LogP contribution in [0.4, 0.5) is 0 Å². The fraction of sp³-hybridized carbons (Fsp3) is 0.0455. The van der Waals surface area contributed by atoms with E-state index in [0.29, 0.717) is 5.39 Å². The van der Waals surface area contributed by atoms with Crippen LogP contribution in [0.25, 0.3) is 32.8 Å². The summed E-state index contributed by atoms with van der Waals surface area (Å²) in [5.41, 5.74) is 0.751. The Morgan fingerprint density at radius 3 is 2.62 bits per heavy atom. The molecular weight excluding hydrogens is 392 g/mol. The molecule has 1 aromatic heterocycles. The molecule has 0 bridgehead atoms. The van der Waals surface area contributed by atoms with Gasteiger partial charge in [-0.15, -0.1) is 0 Å². The Balaban J connectivity index is 1.76. The zero-order chi connectivity index (χ0) is 20.5. The van der Waals surface area contributed by atoms with Crippen molar-refractivity contribution in [1.82, 2.24) is 9.97 Å². The maximum Gasteiger partial charge on any atom is 0.335 e. The van der Waals surface area contributed by atoms with Crippen molar-refractivity contribution in [3.05, 3.63) is 81.9 Å². The van der Waals surface area contributed by atoms with Crippen LogP contribution in [0, 0.1) is 0 Å². The number of aromatic nitrogens is 2. The Bertz CT molecular complexity index is 1360. The van der Waals surface area contributed by atoms with E-state index >= 15 is 0 Å². The van der Waals surface area contributed by atoms with Crippen molar-refractivity contribution in [2.75, 3.05) is 7.11 Å². The average molecular weight is 407 g/mol. The highest BCUT2D eigenvalue weighted by Crippen LogP contribution is 2.25. The van der Waals surface area contributed by atoms with Gasteiger partial charge in [-0.3, -0.25) is 4.79 Å². The third-order valence-electron chi connectivity index (χ3n) is 4.54. The predicted octanol–water partition coefficient (Wildman–Crippen LogP) is 4.52. The summed E-state index contributed by atoms with van der Waals surface area (Å²) in [6.45, 7) is 0. The minimum Gasteiger partial charge on any atom is -0.497 e. The standard InChI is InChI=1S/C22H15ClN2O4/c1-29-16-6-4-13-8-12(2-3-14(13)10-16)9-18(23)20-24-19-11-15(22(27)28)5-7-17(19)21(26)25-20/h2-11H,1H3,(H,27,28)(H,24,25,26). The molecule has 0 radical (unpaired) electrons. The van der Waals surface area contributed by atoms with Crippen LogP contribution in [-0.2, 0) is 0 Å². The molecule has 0 aliphatic rings. The van der Waals surface area contributed by atoms with Gasteiger partial charge in [0.1, 0.15) is 5.75 Å². The third-order valence-corrected chi connectivity index (χ3v) is 4.83. The van der Waals surface area contributed by atoms with E-state index in [4.69, 9.17) is 21.4 Å². The fourth-order valence-electron chi connectivity index (χ4n) is 3.06. The van der Waals surface area contributed by atoms with Gasteiger partial charge in [-0.2, -0.15) is 0 Å². The van der Waals surface area contributed by atoms with Crippen LogP contribution >= 0.6 is 11.6 Å². The van der Waals surface area contributed by atoms with E-state index in [2.05, 4.69) is 9.97 Å². The molecule has 4 aromatic rings. The topological polar surface area (TPSA) is 92.3 Å². The van der Waals surface area contributed by atoms with Crippen LogP contribution in [0.1, 0.15) is 21.7 Å². The molecule has 0 atom stereocenters. The Morgan fingerprint density at radius 1 is 1.10 bits per heavy atom. The first-order chi connectivity index (χ1) is 13.9. The van der Waals surface area contributed by atoms with Gasteiger partial charge in [-0.1, -0.05) is 29.8 Å². The van der Waals surface area contributed by atoms with E-state index in [-0.39, 0.29) is 27.5 Å². The summed E-state index contributed by atoms with van der Waals surface area (Å²) < 4.78 is 5.23. The molecule has 0 spiro atoms. The number of nitrogens with one attached hydrogen (secondary N) is 1. The zero-order valence-corrected chi connectivity index (χ0v) is 16.0. The quantitative estimate of drug-likeness (QED) is 0.519. The molecule has 3 aromatic carbocycles. The summed E-state index contributed by atoms with van der Waals surface area (Å²) in [6, 6.07) is 15.7. The lowest BCUT2D eigenvalue weighted by Gasteiger charge is -2.05. The molecule has 1 heterocycles. The molecule has 0 saturated carbocycles. The van der Waals surface area contributed by atoms with Crippen LogP contribution in [0.2, 0.25) is 0 Å². The number of aromatic carboxylic acids is 1. The molecule has 0 saturated heterocycles. The lowest BCUT2D eigenvalue weighted by molar-refractivity contribution is 0.0697. The molecule has 144 valence electrons. The van der Waals surface area contributed by atoms with E-state index in [1.54, 1.807) is 13.2 Å². The lowest BCUT2D eigenvalue weighted by atomic mass is 10.1. The molecule has 2 N–H and O–H groups in total. The number of fused-ring (bicyclic) bond motifs is 2. The number of hydrogen-bond acceptors (Lipinski definition) is 4. The monoisotopic (exact) mass is 406 g/mol. The van der Waals surface area contributed by atoms with Crippen molar-refractivity contribution in [1.29, 1.82) is 0 Å². The average Bonchev–Trinajstić information content (AvgIpc) is 2.72. The number of carbonyl (C=O) groups is 1. The molecule has 7 heteroatoms. The minimum absolute atomic E-state index is 0.0478. The third kappa shape index (κ3) is 3.70. The predicted molar refractivity (Wildman–Crippen MR) is 114 cm³/mol. The minimum atomic E-state index is -1.09. The summed E-state index contributed by atoms with van der Waals surface area (Å²) in [7, 11) is 1.62. The molecule has 0 fully saturated rings. The number of ether oxygens (including phenoxy) is 1. The van der Waals surface area contributed by atoms with Crippen LogP contribution in [0.3, 0.4) is 0 Å². The van der Waals surface area contributed by atoms with Gasteiger partial charge in [0.15, 0.2) is 5.82 Å². The van der Waals surface area contributed by atoms with Gasteiger partial charge in [0.2, 0.25) is 0 Å². The van der Waals surface area contributed by atoms with Gasteiger partial charge in [0, 0.05) is 0 Å². The molecule has 0 aliphatic carbocycles. The van der Waals surface area contributed by atoms with Gasteiger partial charge < -0.3 is 14.8 Å². The second-order valence-corrected chi connectivity index (χ2v) is 6.82. The summed E-state index contributed by atoms with van der Waals surface area (Å²) in [5.74, 6) is -0.149. The van der Waals surface area contributed by atoms with Crippen molar-refractivity contribution in [2.45, 2.75) is 0 Å². The SMILES string of the molecule is COc1ccc2cc(C=C(Cl)c3nc4cc(C(=O)O)ccc4c(=O)[nH]3)ccc2c1. The largest absolute Gasteiger partial charge is 0.497 e. The number of carboxylic acid groups (broad SMARTS) is 1. The lowest BCUT2D eigenvalue weighted by Crippen LogP contribution is -2.11. The van der Waals surface area contributed by atoms with Gasteiger partial charge in [0.05, 0.1) is 28.6 Å². The summed E-state index contributed by atoms with van der Waals surface area (Å²) in [6.07, 6.45) is 1.69. The van der Waals surface area contributed by atoms with Crippen molar-refractivity contribution in [2.24, 2.45) is 0 Å². The fourth-order valence-corrected chi connectivity index (χ4v) is 3.27. The highest BCUT2D eigenvalue weighted by atomic mass is 35.5. The molecule has 0 unspecified atom stereocenters. The first kappa shape index (κ1) is 18.7. The van der Waals surface area contributed by atoms with Crippen LogP contribution in [0.15, 0.2) is 59.4 Å². The highest BCUT2D eigenvalue weighted by molar-refractivity contribution is 6.50. The number of hydrogen-bond donors (Lipinski definition) is 2. The number of rotatable bonds is 4. The van der Waals surface area contributed by atoms with Gasteiger partial charge in [-0.05, 0) is 58.8 Å². The number of halogens is 1. The number of benzene rings is 3. The van der Waals surface area contributed by atoms with Gasteiger partial charge >= 0.3 is 5.97 Å². The smallest absolute Gasteiger partial charge is 0.335 e. The number of aromatic amines is 1. The maximum atomic E-state index is 12.3. The van der Waals surface area contributed by atoms with Crippen molar-refractivity contribution in [3.63, 3.8) is 0 Å². The highest BCUT2D eigenvalue weighted by Gasteiger charge is 2.10. The maximum absolute atomic E-state index is 12.3. The molecule has 0 aliphatic heterocycles. The van der Waals surface area contributed by atoms with Crippen LogP contribution < -0.4 is 10.3 Å². The number of nitrogens with zero attached hydrogens (tertiary/aromatic N) is 1. The summed E-state index contributed by atoms with van der Waals surface area (Å²) in [4.78, 5) is 30.5. The van der Waals surface area contributed by atoms with Crippen molar-refractivity contribution in [3.8, 4) is 5.75 Å². The number of H-pyrrole nitrogens is 1. The number of carboxylic acids is 1. The molecule has 6 nitrogen and oxygen atoms in total. The Morgan fingerprint density at radius 2 is 1.86 bits per heavy atom. The van der Waals surface area contributed by atoms with Crippen LogP contribution in [-0.4, -0.2) is 28.2 Å². The van der Waals surface area contributed by atoms with E-state index in [1.165, 1.54) is 18.2 Å². The van der Waals surface area contributed by atoms with E-state index < -0.39 is 5.97 Å². The van der Waals surface area contributed by atoms with Crippen LogP contribution in [0.5, 0.6) is 5.75 Å². The molecule has 29 heavy (non-hydrogen) atoms. The molecular formula is C22H15ClN2O4. The Hall–Kier alpha value is -3.64. The van der Waals surface area contributed by atoms with Crippen molar-refractivity contribution >= 4 is 50.4 Å².